The van der Waals surface area contributed by atoms with Crippen LogP contribution in [0.5, 0.6) is 17.4 Å². The van der Waals surface area contributed by atoms with Crippen LogP contribution < -0.4 is 30.3 Å². The van der Waals surface area contributed by atoms with E-state index in [4.69, 9.17) is 9.47 Å². The highest BCUT2D eigenvalue weighted by molar-refractivity contribution is 6.06. The van der Waals surface area contributed by atoms with Crippen molar-refractivity contribution in [3.63, 3.8) is 0 Å². The van der Waals surface area contributed by atoms with E-state index in [9.17, 15) is 9.59 Å². The minimum absolute atomic E-state index is 0.0690. The maximum Gasteiger partial charge on any atom is 0.262 e. The van der Waals surface area contributed by atoms with Crippen molar-refractivity contribution in [2.24, 2.45) is 0 Å². The lowest BCUT2D eigenvalue weighted by atomic mass is 10.1. The summed E-state index contributed by atoms with van der Waals surface area (Å²) in [7, 11) is 3.78. The third kappa shape index (κ3) is 7.24. The maximum absolute atomic E-state index is 13.5. The lowest BCUT2D eigenvalue weighted by molar-refractivity contribution is -0.114. The number of carbonyl (C=O) groups is 2. The highest BCUT2D eigenvalue weighted by Crippen LogP contribution is 2.33. The smallest absolute Gasteiger partial charge is 0.262 e. The molecular formula is C33H37N7O4. The molecule has 11 heteroatoms. The van der Waals surface area contributed by atoms with Crippen molar-refractivity contribution in [3.05, 3.63) is 83.6 Å². The number of hydrogen-bond acceptors (Lipinski definition) is 9. The first-order chi connectivity index (χ1) is 21.2. The second-order valence-electron chi connectivity index (χ2n) is 10.7. The molecule has 1 fully saturated rings. The summed E-state index contributed by atoms with van der Waals surface area (Å²) in [6.07, 6.45) is 1.44. The number of likely N-dealkylation sites (N-methyl/N-ethyl adjacent to an activating group) is 1. The Balaban J connectivity index is 1.43. The predicted molar refractivity (Wildman–Crippen MR) is 173 cm³/mol. The number of aryl methyl sites for hydroxylation is 2. The number of nitrogens with one attached hydrogen (secondary N) is 3. The van der Waals surface area contributed by atoms with Crippen LogP contribution in [0.3, 0.4) is 0 Å². The molecule has 5 rings (SSSR count). The molecule has 4 aromatic rings. The van der Waals surface area contributed by atoms with Crippen molar-refractivity contribution in [2.75, 3.05) is 61.2 Å². The molecule has 1 saturated heterocycles. The third-order valence-electron chi connectivity index (χ3n) is 7.39. The van der Waals surface area contributed by atoms with Crippen molar-refractivity contribution < 1.29 is 19.1 Å². The van der Waals surface area contributed by atoms with E-state index in [0.717, 1.165) is 60.1 Å². The van der Waals surface area contributed by atoms with Crippen LogP contribution in [-0.4, -0.2) is 67.0 Å². The zero-order valence-corrected chi connectivity index (χ0v) is 25.6. The van der Waals surface area contributed by atoms with Gasteiger partial charge in [-0.15, -0.1) is 0 Å². The van der Waals surface area contributed by atoms with Gasteiger partial charge in [0.25, 0.3) is 5.91 Å². The van der Waals surface area contributed by atoms with Gasteiger partial charge in [-0.05, 0) is 68.4 Å². The molecule has 3 N–H and O–H groups in total. The SMILES string of the molecule is COc1cc(Nc2ncc(C(=O)Nc3c(C)cccc3C)c(Oc3ccc(NC(C)=O)cc3)n2)ccc1N1CCN(C)CC1. The number of piperazine rings is 1. The number of nitrogens with zero attached hydrogens (tertiary/aromatic N) is 4. The molecule has 3 aromatic carbocycles. The first-order valence-electron chi connectivity index (χ1n) is 14.4. The summed E-state index contributed by atoms with van der Waals surface area (Å²) in [5.74, 6) is 0.899. The fraction of sp³-hybridized carbons (Fsp3) is 0.273. The molecule has 0 bridgehead atoms. The van der Waals surface area contributed by atoms with Gasteiger partial charge >= 0.3 is 0 Å². The molecule has 1 aliphatic rings. The van der Waals surface area contributed by atoms with E-state index in [-0.39, 0.29) is 23.3 Å². The number of ether oxygens (including phenoxy) is 2. The van der Waals surface area contributed by atoms with Gasteiger partial charge in [0, 0.05) is 62.4 Å². The summed E-state index contributed by atoms with van der Waals surface area (Å²) in [5.41, 5.74) is 5.11. The van der Waals surface area contributed by atoms with Crippen molar-refractivity contribution in [3.8, 4) is 17.4 Å². The largest absolute Gasteiger partial charge is 0.495 e. The molecule has 0 aliphatic carbocycles. The first kappa shape index (κ1) is 30.3. The number of benzene rings is 3. The molecule has 0 saturated carbocycles. The van der Waals surface area contributed by atoms with Gasteiger partial charge in [0.2, 0.25) is 17.7 Å². The fourth-order valence-electron chi connectivity index (χ4n) is 4.97. The molecule has 2 heterocycles. The standard InChI is InChI=1S/C33H37N7O4/c1-21-7-6-8-22(2)30(21)37-31(42)27-20-34-33(38-32(27)44-26-12-9-24(10-13-26)35-23(3)41)36-25-11-14-28(29(19-25)43-5)40-17-15-39(4)16-18-40/h6-14,19-20H,15-18H2,1-5H3,(H,35,41)(H,37,42)(H,34,36,38). The molecule has 0 spiro atoms. The van der Waals surface area contributed by atoms with Crippen LogP contribution in [0, 0.1) is 13.8 Å². The topological polar surface area (TPSA) is 121 Å². The summed E-state index contributed by atoms with van der Waals surface area (Å²) in [5, 5.41) is 8.93. The molecule has 0 unspecified atom stereocenters. The van der Waals surface area contributed by atoms with Crippen LogP contribution in [-0.2, 0) is 4.79 Å². The zero-order valence-electron chi connectivity index (χ0n) is 25.6. The van der Waals surface area contributed by atoms with Crippen LogP contribution in [0.1, 0.15) is 28.4 Å². The Kier molecular flexibility index (Phi) is 9.25. The minimum Gasteiger partial charge on any atom is -0.495 e. The van der Waals surface area contributed by atoms with E-state index in [0.29, 0.717) is 11.4 Å². The number of aromatic nitrogens is 2. The second kappa shape index (κ2) is 13.4. The minimum atomic E-state index is -0.406. The van der Waals surface area contributed by atoms with Crippen LogP contribution in [0.25, 0.3) is 0 Å². The number of para-hydroxylation sites is 1. The van der Waals surface area contributed by atoms with E-state index < -0.39 is 5.91 Å². The summed E-state index contributed by atoms with van der Waals surface area (Å²) >= 11 is 0. The summed E-state index contributed by atoms with van der Waals surface area (Å²) in [6, 6.07) is 18.5. The Morgan fingerprint density at radius 3 is 2.23 bits per heavy atom. The molecule has 0 atom stereocenters. The number of rotatable bonds is 9. The zero-order chi connectivity index (χ0) is 31.2. The van der Waals surface area contributed by atoms with Crippen molar-refractivity contribution >= 4 is 40.5 Å². The van der Waals surface area contributed by atoms with Gasteiger partial charge < -0.3 is 35.2 Å². The molecule has 1 aliphatic heterocycles. The van der Waals surface area contributed by atoms with Gasteiger partial charge in [0.1, 0.15) is 17.1 Å². The van der Waals surface area contributed by atoms with Crippen LogP contribution in [0.15, 0.2) is 66.9 Å². The van der Waals surface area contributed by atoms with Gasteiger partial charge in [-0.3, -0.25) is 9.59 Å². The number of methoxy groups -OCH3 is 1. The molecule has 11 nitrogen and oxygen atoms in total. The van der Waals surface area contributed by atoms with Gasteiger partial charge in [-0.2, -0.15) is 4.98 Å². The average molecular weight is 596 g/mol. The van der Waals surface area contributed by atoms with Crippen molar-refractivity contribution in [2.45, 2.75) is 20.8 Å². The van der Waals surface area contributed by atoms with Crippen LogP contribution >= 0.6 is 0 Å². The Morgan fingerprint density at radius 1 is 0.886 bits per heavy atom. The number of amides is 2. The van der Waals surface area contributed by atoms with Crippen LogP contribution in [0.4, 0.5) is 28.7 Å². The monoisotopic (exact) mass is 595 g/mol. The fourth-order valence-corrected chi connectivity index (χ4v) is 4.97. The predicted octanol–water partition coefficient (Wildman–Crippen LogP) is 5.60. The summed E-state index contributed by atoms with van der Waals surface area (Å²) < 4.78 is 11.8. The van der Waals surface area contributed by atoms with E-state index >= 15 is 0 Å². The molecule has 44 heavy (non-hydrogen) atoms. The maximum atomic E-state index is 13.5. The Hall–Kier alpha value is -5.16. The number of anilines is 5. The van der Waals surface area contributed by atoms with E-state index in [1.54, 1.807) is 31.4 Å². The Bertz CT molecular complexity index is 1630. The molecule has 0 radical (unpaired) electrons. The lowest BCUT2D eigenvalue weighted by Gasteiger charge is -2.34. The Labute approximate surface area is 257 Å². The first-order valence-corrected chi connectivity index (χ1v) is 14.4. The molecule has 2 amide bonds. The van der Waals surface area contributed by atoms with E-state index in [2.05, 4.69) is 42.8 Å². The summed E-state index contributed by atoms with van der Waals surface area (Å²) in [6.45, 7) is 9.11. The van der Waals surface area contributed by atoms with Crippen LogP contribution in [0.2, 0.25) is 0 Å². The van der Waals surface area contributed by atoms with E-state index in [1.165, 1.54) is 13.1 Å². The van der Waals surface area contributed by atoms with Gasteiger partial charge in [0.15, 0.2) is 0 Å². The van der Waals surface area contributed by atoms with Gasteiger partial charge in [-0.1, -0.05) is 18.2 Å². The molecule has 1 aromatic heterocycles. The van der Waals surface area contributed by atoms with E-state index in [1.807, 2.05) is 50.2 Å². The third-order valence-corrected chi connectivity index (χ3v) is 7.39. The number of carbonyl (C=O) groups excluding carboxylic acids is 2. The normalized spacial score (nSPS) is 13.2. The second-order valence-corrected chi connectivity index (χ2v) is 10.7. The quantitative estimate of drug-likeness (QED) is 0.227. The lowest BCUT2D eigenvalue weighted by Crippen LogP contribution is -2.44. The van der Waals surface area contributed by atoms with Crippen molar-refractivity contribution in [1.82, 2.24) is 14.9 Å². The average Bonchev–Trinajstić information content (AvgIpc) is 3.00. The van der Waals surface area contributed by atoms with Gasteiger partial charge in [0.05, 0.1) is 12.8 Å². The molecular weight excluding hydrogens is 558 g/mol. The highest BCUT2D eigenvalue weighted by atomic mass is 16.5. The van der Waals surface area contributed by atoms with Crippen molar-refractivity contribution in [1.29, 1.82) is 0 Å². The number of hydrogen-bond donors (Lipinski definition) is 3. The highest BCUT2D eigenvalue weighted by Gasteiger charge is 2.21. The molecule has 228 valence electrons. The Morgan fingerprint density at radius 2 is 1.57 bits per heavy atom. The van der Waals surface area contributed by atoms with Gasteiger partial charge in [-0.25, -0.2) is 4.98 Å². The summed E-state index contributed by atoms with van der Waals surface area (Å²) in [4.78, 5) is 38.6.